The summed E-state index contributed by atoms with van der Waals surface area (Å²) >= 11 is 5.98. The summed E-state index contributed by atoms with van der Waals surface area (Å²) in [6.07, 6.45) is 8.87. The van der Waals surface area contributed by atoms with E-state index in [2.05, 4.69) is 15.6 Å². The maximum Gasteiger partial charge on any atom is 0.310 e. The predicted molar refractivity (Wildman–Crippen MR) is 142 cm³/mol. The summed E-state index contributed by atoms with van der Waals surface area (Å²) in [5.74, 6) is -0.366. The summed E-state index contributed by atoms with van der Waals surface area (Å²) in [7, 11) is -8.40. The molecule has 3 atom stereocenters. The number of amides is 1. The minimum Gasteiger partial charge on any atom is -0.392 e. The van der Waals surface area contributed by atoms with Gasteiger partial charge in [0.1, 0.15) is 17.2 Å². The third-order valence-corrected chi connectivity index (χ3v) is 8.09. The summed E-state index contributed by atoms with van der Waals surface area (Å²) in [6, 6.07) is 3.57. The normalized spacial score (nSPS) is 22.5. The average Bonchev–Trinajstić information content (AvgIpc) is 3.29. The van der Waals surface area contributed by atoms with Crippen molar-refractivity contribution in [3.05, 3.63) is 53.3 Å². The molecule has 0 bridgehead atoms. The average molecular weight is 599 g/mol. The number of aldehydes is 1. The maximum atomic E-state index is 13.1. The lowest BCUT2D eigenvalue weighted by Crippen LogP contribution is -2.44. The number of aromatic nitrogens is 1. The molecule has 218 valence electrons. The maximum absolute atomic E-state index is 13.1. The van der Waals surface area contributed by atoms with Crippen LogP contribution in [0.25, 0.3) is 0 Å². The lowest BCUT2D eigenvalue weighted by atomic mass is 9.95. The molecule has 2 aliphatic rings. The molecule has 14 heteroatoms. The molecule has 1 aliphatic carbocycles. The van der Waals surface area contributed by atoms with Crippen molar-refractivity contribution in [3.63, 3.8) is 0 Å². The van der Waals surface area contributed by atoms with Gasteiger partial charge in [-0.3, -0.25) is 9.78 Å². The van der Waals surface area contributed by atoms with Gasteiger partial charge in [-0.05, 0) is 43.5 Å². The van der Waals surface area contributed by atoms with Crippen molar-refractivity contribution in [2.24, 2.45) is 0 Å². The molecule has 2 heterocycles. The van der Waals surface area contributed by atoms with Gasteiger partial charge >= 0.3 is 10.2 Å². The SMILES string of the molecule is CN(c1ccc(S(F)(F)(F)(F)F)cc1Cl)C(C(=O)NC1CCCCC1)c1cccnc1.O=CC1CC(O)CN1. The Bertz CT molecular complexity index is 1150. The Morgan fingerprint density at radius 1 is 1.21 bits per heavy atom. The number of hydrogen-bond acceptors (Lipinski definition) is 6. The van der Waals surface area contributed by atoms with Crippen molar-refractivity contribution in [2.75, 3.05) is 18.5 Å². The van der Waals surface area contributed by atoms with Crippen LogP contribution in [0.5, 0.6) is 0 Å². The Labute approximate surface area is 228 Å². The van der Waals surface area contributed by atoms with Gasteiger partial charge in [-0.2, -0.15) is 0 Å². The molecule has 2 fully saturated rings. The summed E-state index contributed by atoms with van der Waals surface area (Å²) in [5, 5.41) is 14.1. The number of carbonyl (C=O) groups is 2. The molecule has 2 aromatic rings. The summed E-state index contributed by atoms with van der Waals surface area (Å²) in [6.45, 7) is 0.559. The van der Waals surface area contributed by atoms with E-state index >= 15 is 0 Å². The predicted octanol–water partition coefficient (Wildman–Crippen LogP) is 5.93. The molecule has 4 rings (SSSR count). The second kappa shape index (κ2) is 11.6. The van der Waals surface area contributed by atoms with Crippen LogP contribution in [-0.2, 0) is 9.59 Å². The van der Waals surface area contributed by atoms with E-state index in [1.165, 1.54) is 24.3 Å². The molecular weight excluding hydrogens is 567 g/mol. The van der Waals surface area contributed by atoms with Gasteiger partial charge in [0.2, 0.25) is 5.91 Å². The molecule has 0 spiro atoms. The first kappa shape index (κ1) is 31.1. The van der Waals surface area contributed by atoms with Crippen LogP contribution < -0.4 is 15.5 Å². The van der Waals surface area contributed by atoms with E-state index in [4.69, 9.17) is 16.7 Å². The zero-order valence-corrected chi connectivity index (χ0v) is 22.8. The number of β-amino-alcohol motifs (C(OH)–C–C–N with tert-alkyl or cyclic N) is 1. The van der Waals surface area contributed by atoms with Crippen LogP contribution in [-0.4, -0.2) is 54.1 Å². The number of anilines is 1. The lowest BCUT2D eigenvalue weighted by Gasteiger charge is -2.41. The van der Waals surface area contributed by atoms with Crippen LogP contribution in [0.4, 0.5) is 25.1 Å². The highest BCUT2D eigenvalue weighted by Crippen LogP contribution is 3.02. The Morgan fingerprint density at radius 2 is 1.90 bits per heavy atom. The van der Waals surface area contributed by atoms with E-state index in [0.717, 1.165) is 44.5 Å². The molecule has 1 amide bonds. The van der Waals surface area contributed by atoms with Gasteiger partial charge in [-0.1, -0.05) is 56.4 Å². The van der Waals surface area contributed by atoms with Crippen LogP contribution in [0.3, 0.4) is 0 Å². The fraction of sp³-hybridized carbons (Fsp3) is 0.480. The Hall–Kier alpha value is -2.48. The molecule has 3 N–H and O–H groups in total. The van der Waals surface area contributed by atoms with Crippen LogP contribution in [0, 0.1) is 0 Å². The van der Waals surface area contributed by atoms with Crippen LogP contribution >= 0.6 is 21.8 Å². The third kappa shape index (κ3) is 8.75. The highest BCUT2D eigenvalue weighted by Gasteiger charge is 2.65. The Morgan fingerprint density at radius 3 is 2.38 bits per heavy atom. The first-order valence-electron chi connectivity index (χ1n) is 12.4. The molecular formula is C25H32ClF5N4O3S. The van der Waals surface area contributed by atoms with Crippen molar-refractivity contribution < 1.29 is 34.1 Å². The highest BCUT2D eigenvalue weighted by molar-refractivity contribution is 8.45. The second-order valence-corrected chi connectivity index (χ2v) is 12.6. The minimum absolute atomic E-state index is 0.000194. The van der Waals surface area contributed by atoms with E-state index in [1.54, 1.807) is 12.1 Å². The topological polar surface area (TPSA) is 94.6 Å². The van der Waals surface area contributed by atoms with Gasteiger partial charge in [-0.25, -0.2) is 0 Å². The fourth-order valence-corrected chi connectivity index (χ4v) is 5.66. The highest BCUT2D eigenvalue weighted by atomic mass is 35.5. The minimum atomic E-state index is -9.87. The van der Waals surface area contributed by atoms with Crippen LogP contribution in [0.15, 0.2) is 47.6 Å². The number of hydrogen-bond donors (Lipinski definition) is 3. The number of carbonyl (C=O) groups excluding carboxylic acids is 2. The third-order valence-electron chi connectivity index (χ3n) is 6.64. The number of pyridine rings is 1. The molecule has 1 saturated heterocycles. The standard InChI is InChI=1S/C20H23ClF5N3OS.C5H9NO2/c1-29(18-10-9-16(12-17(18)21)31(22,23,24,25)26)19(14-6-5-11-27-13-14)20(30)28-15-7-3-2-4-8-15;7-3-4-1-5(8)2-6-4/h5-6,9-13,15,19H,2-4,7-8H2,1H3,(H,28,30);3-6,8H,1-2H2. The zero-order chi connectivity index (χ0) is 28.9. The smallest absolute Gasteiger partial charge is 0.310 e. The number of nitrogens with one attached hydrogen (secondary N) is 2. The van der Waals surface area contributed by atoms with E-state index in [1.807, 2.05) is 0 Å². The molecule has 0 radical (unpaired) electrons. The summed E-state index contributed by atoms with van der Waals surface area (Å²) in [5.41, 5.74) is 0.506. The molecule has 1 aromatic heterocycles. The van der Waals surface area contributed by atoms with Gasteiger partial charge in [-0.15, -0.1) is 0 Å². The Balaban J connectivity index is 0.000000449. The summed E-state index contributed by atoms with van der Waals surface area (Å²) in [4.78, 5) is 26.4. The van der Waals surface area contributed by atoms with E-state index in [9.17, 15) is 29.0 Å². The molecule has 3 unspecified atom stereocenters. The molecule has 7 nitrogen and oxygen atoms in total. The molecule has 1 saturated carbocycles. The van der Waals surface area contributed by atoms with Crippen molar-refractivity contribution in [1.29, 1.82) is 0 Å². The number of nitrogens with zero attached hydrogens (tertiary/aromatic N) is 2. The zero-order valence-electron chi connectivity index (χ0n) is 21.2. The van der Waals surface area contributed by atoms with E-state index in [0.29, 0.717) is 24.6 Å². The van der Waals surface area contributed by atoms with E-state index < -0.39 is 26.2 Å². The second-order valence-electron chi connectivity index (χ2n) is 9.77. The molecule has 1 aromatic carbocycles. The number of rotatable bonds is 7. The fourth-order valence-electron chi connectivity index (χ4n) is 4.62. The monoisotopic (exact) mass is 598 g/mol. The van der Waals surface area contributed by atoms with Gasteiger partial charge in [0.25, 0.3) is 0 Å². The quantitative estimate of drug-likeness (QED) is 0.270. The molecule has 39 heavy (non-hydrogen) atoms. The van der Waals surface area contributed by atoms with Crippen molar-refractivity contribution in [1.82, 2.24) is 15.6 Å². The number of halogens is 6. The Kier molecular flexibility index (Phi) is 9.20. The number of likely N-dealkylation sites (N-methyl/N-ethyl adjacent to an activating group) is 1. The van der Waals surface area contributed by atoms with Gasteiger partial charge in [0, 0.05) is 37.6 Å². The lowest BCUT2D eigenvalue weighted by molar-refractivity contribution is -0.123. The number of aliphatic hydroxyl groups excluding tert-OH is 1. The van der Waals surface area contributed by atoms with Crippen molar-refractivity contribution in [2.45, 2.75) is 67.6 Å². The first-order valence-corrected chi connectivity index (χ1v) is 14.8. The first-order chi connectivity index (χ1) is 18.1. The summed E-state index contributed by atoms with van der Waals surface area (Å²) < 4.78 is 65.6. The van der Waals surface area contributed by atoms with Gasteiger partial charge in [0.05, 0.1) is 22.9 Å². The molecule has 1 aliphatic heterocycles. The van der Waals surface area contributed by atoms with Crippen LogP contribution in [0.1, 0.15) is 50.1 Å². The van der Waals surface area contributed by atoms with E-state index in [-0.39, 0.29) is 35.8 Å². The van der Waals surface area contributed by atoms with Crippen molar-refractivity contribution in [3.8, 4) is 0 Å². The number of benzene rings is 1. The largest absolute Gasteiger partial charge is 0.392 e. The van der Waals surface area contributed by atoms with Crippen molar-refractivity contribution >= 4 is 39.7 Å². The van der Waals surface area contributed by atoms with Gasteiger partial charge < -0.3 is 25.4 Å². The number of aliphatic hydroxyl groups is 1. The van der Waals surface area contributed by atoms with Crippen LogP contribution in [0.2, 0.25) is 5.02 Å². The van der Waals surface area contributed by atoms with Gasteiger partial charge in [0.15, 0.2) is 0 Å².